The summed E-state index contributed by atoms with van der Waals surface area (Å²) in [5, 5.41) is 5.00. The molecule has 0 atom stereocenters. The molecule has 0 aliphatic heterocycles. The number of aromatic nitrogens is 2. The maximum Gasteiger partial charge on any atom is 0.304 e. The Kier molecular flexibility index (Phi) is 3.17. The zero-order chi connectivity index (χ0) is 10.7. The molecule has 0 saturated heterocycles. The van der Waals surface area contributed by atoms with Crippen molar-refractivity contribution in [3.05, 3.63) is 43.7 Å². The standard InChI is InChI=1S/C9H8BrN3OS/c10-7-4-11-2-1-8(7)12-3-6-5-15-9(14)13-6/h1-2,4-5H,3H2,(H,11,12)(H,13,14). The Morgan fingerprint density at radius 1 is 1.60 bits per heavy atom. The van der Waals surface area contributed by atoms with Crippen LogP contribution in [0.2, 0.25) is 0 Å². The van der Waals surface area contributed by atoms with Crippen LogP contribution in [0, 0.1) is 0 Å². The summed E-state index contributed by atoms with van der Waals surface area (Å²) in [7, 11) is 0. The molecule has 4 nitrogen and oxygen atoms in total. The van der Waals surface area contributed by atoms with E-state index in [9.17, 15) is 4.79 Å². The average molecular weight is 286 g/mol. The van der Waals surface area contributed by atoms with Crippen molar-refractivity contribution in [3.63, 3.8) is 0 Å². The summed E-state index contributed by atoms with van der Waals surface area (Å²) < 4.78 is 0.905. The van der Waals surface area contributed by atoms with Gasteiger partial charge in [0, 0.05) is 23.5 Å². The Labute approximate surface area is 98.5 Å². The molecular weight excluding hydrogens is 278 g/mol. The second-order valence-corrected chi connectivity index (χ2v) is 4.58. The van der Waals surface area contributed by atoms with Crippen molar-refractivity contribution in [2.24, 2.45) is 0 Å². The van der Waals surface area contributed by atoms with Crippen molar-refractivity contribution in [2.75, 3.05) is 5.32 Å². The zero-order valence-corrected chi connectivity index (χ0v) is 10.1. The van der Waals surface area contributed by atoms with Crippen molar-refractivity contribution in [3.8, 4) is 0 Å². The lowest BCUT2D eigenvalue weighted by Gasteiger charge is -2.05. The topological polar surface area (TPSA) is 57.8 Å². The van der Waals surface area contributed by atoms with Gasteiger partial charge in [-0.3, -0.25) is 9.78 Å². The van der Waals surface area contributed by atoms with E-state index in [-0.39, 0.29) is 4.87 Å². The third kappa shape index (κ3) is 2.66. The van der Waals surface area contributed by atoms with Crippen molar-refractivity contribution in [1.29, 1.82) is 0 Å². The molecule has 15 heavy (non-hydrogen) atoms. The van der Waals surface area contributed by atoms with Gasteiger partial charge in [0.25, 0.3) is 0 Å². The first-order chi connectivity index (χ1) is 7.25. The number of halogens is 1. The molecule has 2 rings (SSSR count). The van der Waals surface area contributed by atoms with E-state index in [0.29, 0.717) is 6.54 Å². The van der Waals surface area contributed by atoms with Gasteiger partial charge in [-0.15, -0.1) is 0 Å². The van der Waals surface area contributed by atoms with E-state index in [2.05, 4.69) is 31.2 Å². The molecule has 0 unspecified atom stereocenters. The van der Waals surface area contributed by atoms with Crippen molar-refractivity contribution in [2.45, 2.75) is 6.54 Å². The Bertz CT molecular complexity index is 508. The molecule has 2 N–H and O–H groups in total. The molecule has 0 spiro atoms. The zero-order valence-electron chi connectivity index (χ0n) is 7.66. The van der Waals surface area contributed by atoms with E-state index >= 15 is 0 Å². The summed E-state index contributed by atoms with van der Waals surface area (Å²) in [6.07, 6.45) is 3.43. The van der Waals surface area contributed by atoms with Crippen molar-refractivity contribution >= 4 is 33.0 Å². The number of hydrogen-bond acceptors (Lipinski definition) is 4. The van der Waals surface area contributed by atoms with Gasteiger partial charge in [0.1, 0.15) is 0 Å². The first kappa shape index (κ1) is 10.4. The van der Waals surface area contributed by atoms with Crippen molar-refractivity contribution < 1.29 is 0 Å². The molecule has 0 aromatic carbocycles. The highest BCUT2D eigenvalue weighted by Crippen LogP contribution is 2.20. The number of nitrogens with zero attached hydrogens (tertiary/aromatic N) is 1. The van der Waals surface area contributed by atoms with E-state index in [0.717, 1.165) is 15.9 Å². The number of aromatic amines is 1. The highest BCUT2D eigenvalue weighted by Gasteiger charge is 1.99. The van der Waals surface area contributed by atoms with Crippen molar-refractivity contribution in [1.82, 2.24) is 9.97 Å². The second kappa shape index (κ2) is 4.59. The minimum Gasteiger partial charge on any atom is -0.378 e. The van der Waals surface area contributed by atoms with Crippen LogP contribution >= 0.6 is 27.3 Å². The van der Waals surface area contributed by atoms with Gasteiger partial charge in [0.2, 0.25) is 0 Å². The monoisotopic (exact) mass is 285 g/mol. The first-order valence-electron chi connectivity index (χ1n) is 4.26. The predicted octanol–water partition coefficient (Wildman–Crippen LogP) is 2.21. The maximum atomic E-state index is 10.9. The van der Waals surface area contributed by atoms with Gasteiger partial charge in [-0.05, 0) is 22.0 Å². The normalized spacial score (nSPS) is 10.2. The van der Waals surface area contributed by atoms with E-state index in [1.54, 1.807) is 12.4 Å². The number of anilines is 1. The van der Waals surface area contributed by atoms with Gasteiger partial charge < -0.3 is 10.3 Å². The molecule has 0 saturated carbocycles. The smallest absolute Gasteiger partial charge is 0.304 e. The molecule has 2 aromatic rings. The van der Waals surface area contributed by atoms with Crippen LogP contribution in [-0.4, -0.2) is 9.97 Å². The number of H-pyrrole nitrogens is 1. The van der Waals surface area contributed by atoms with Crippen LogP contribution in [0.5, 0.6) is 0 Å². The summed E-state index contributed by atoms with van der Waals surface area (Å²) in [6.45, 7) is 0.599. The van der Waals surface area contributed by atoms with E-state index in [1.165, 1.54) is 11.3 Å². The average Bonchev–Trinajstić information content (AvgIpc) is 2.63. The van der Waals surface area contributed by atoms with Gasteiger partial charge in [0.15, 0.2) is 0 Å². The third-order valence-corrected chi connectivity index (χ3v) is 3.16. The minimum absolute atomic E-state index is 0.0272. The maximum absolute atomic E-state index is 10.9. The molecule has 0 bridgehead atoms. The largest absolute Gasteiger partial charge is 0.378 e. The van der Waals surface area contributed by atoms with Crippen LogP contribution in [0.25, 0.3) is 0 Å². The van der Waals surface area contributed by atoms with Gasteiger partial charge in [-0.25, -0.2) is 0 Å². The Morgan fingerprint density at radius 3 is 3.13 bits per heavy atom. The van der Waals surface area contributed by atoms with E-state index in [1.807, 2.05) is 11.4 Å². The van der Waals surface area contributed by atoms with Gasteiger partial charge in [-0.1, -0.05) is 11.3 Å². The predicted molar refractivity (Wildman–Crippen MR) is 64.2 cm³/mol. The van der Waals surface area contributed by atoms with Crippen LogP contribution in [0.3, 0.4) is 0 Å². The van der Waals surface area contributed by atoms with Crippen LogP contribution < -0.4 is 10.2 Å². The molecule has 6 heteroatoms. The fourth-order valence-electron chi connectivity index (χ4n) is 1.11. The fourth-order valence-corrected chi connectivity index (χ4v) is 2.08. The number of hydrogen-bond donors (Lipinski definition) is 2. The lowest BCUT2D eigenvalue weighted by molar-refractivity contribution is 1.05. The lowest BCUT2D eigenvalue weighted by Crippen LogP contribution is -2.03. The highest BCUT2D eigenvalue weighted by molar-refractivity contribution is 9.10. The molecule has 0 fully saturated rings. The summed E-state index contributed by atoms with van der Waals surface area (Å²) in [5.74, 6) is 0. The summed E-state index contributed by atoms with van der Waals surface area (Å²) in [4.78, 5) is 17.6. The second-order valence-electron chi connectivity index (χ2n) is 2.88. The molecule has 0 aliphatic rings. The molecule has 2 aromatic heterocycles. The minimum atomic E-state index is -0.0272. The van der Waals surface area contributed by atoms with Gasteiger partial charge in [0.05, 0.1) is 16.7 Å². The molecule has 0 amide bonds. The Morgan fingerprint density at radius 2 is 2.47 bits per heavy atom. The Hall–Kier alpha value is -1.14. The molecule has 78 valence electrons. The summed E-state index contributed by atoms with van der Waals surface area (Å²) in [5.41, 5.74) is 1.84. The third-order valence-electron chi connectivity index (χ3n) is 1.81. The van der Waals surface area contributed by atoms with Crippen LogP contribution in [0.15, 0.2) is 33.1 Å². The summed E-state index contributed by atoms with van der Waals surface area (Å²) >= 11 is 4.55. The molecule has 2 heterocycles. The Balaban J connectivity index is 2.05. The van der Waals surface area contributed by atoms with E-state index in [4.69, 9.17) is 0 Å². The molecular formula is C9H8BrN3OS. The fraction of sp³-hybridized carbons (Fsp3) is 0.111. The number of rotatable bonds is 3. The van der Waals surface area contributed by atoms with Gasteiger partial charge >= 0.3 is 4.87 Å². The van der Waals surface area contributed by atoms with Crippen LogP contribution in [0.1, 0.15) is 5.69 Å². The number of thiazole rings is 1. The number of nitrogens with one attached hydrogen (secondary N) is 2. The first-order valence-corrected chi connectivity index (χ1v) is 5.93. The SMILES string of the molecule is O=c1[nH]c(CNc2ccncc2Br)cs1. The molecule has 0 radical (unpaired) electrons. The highest BCUT2D eigenvalue weighted by atomic mass is 79.9. The summed E-state index contributed by atoms with van der Waals surface area (Å²) in [6, 6.07) is 1.87. The lowest BCUT2D eigenvalue weighted by atomic mass is 10.4. The van der Waals surface area contributed by atoms with E-state index < -0.39 is 0 Å². The quantitative estimate of drug-likeness (QED) is 0.909. The van der Waals surface area contributed by atoms with Gasteiger partial charge in [-0.2, -0.15) is 0 Å². The van der Waals surface area contributed by atoms with Crippen LogP contribution in [-0.2, 0) is 6.54 Å². The molecule has 0 aliphatic carbocycles. The van der Waals surface area contributed by atoms with Crippen LogP contribution in [0.4, 0.5) is 5.69 Å². The number of pyridine rings is 1.